The molecule has 0 radical (unpaired) electrons. The van der Waals surface area contributed by atoms with Crippen LogP contribution in [0.2, 0.25) is 5.02 Å². The number of nitrogens with zero attached hydrogens (tertiary/aromatic N) is 3. The van der Waals surface area contributed by atoms with E-state index in [9.17, 15) is 4.79 Å². The van der Waals surface area contributed by atoms with Crippen LogP contribution in [0.1, 0.15) is 25.3 Å². The van der Waals surface area contributed by atoms with Crippen LogP contribution in [0.4, 0.5) is 4.39 Å². The number of aromatic nitrogens is 3. The number of Topliss-reactive ketones (excluding diaryl/α,β-unsaturated/α-hetero) is 1. The summed E-state index contributed by atoms with van der Waals surface area (Å²) in [6.07, 6.45) is 2.91. The van der Waals surface area contributed by atoms with Crippen molar-refractivity contribution in [1.29, 1.82) is 0 Å². The molecule has 0 aliphatic carbocycles. The van der Waals surface area contributed by atoms with E-state index in [0.717, 1.165) is 0 Å². The van der Waals surface area contributed by atoms with Crippen LogP contribution in [-0.4, -0.2) is 20.5 Å². The molecule has 6 heteroatoms. The van der Waals surface area contributed by atoms with Crippen LogP contribution >= 0.6 is 11.6 Å². The summed E-state index contributed by atoms with van der Waals surface area (Å²) in [7, 11) is 0. The standard InChI is InChI=1S/C14H15ClFN3O/c1-11(20)8-14(16,6-7-19-10-17-9-18-19)12-2-4-13(15)5-3-12/h2-5,9-10H,6-8H2,1H3. The zero-order valence-electron chi connectivity index (χ0n) is 11.1. The Hall–Kier alpha value is -1.75. The van der Waals surface area contributed by atoms with Crippen LogP contribution in [0.3, 0.4) is 0 Å². The molecule has 1 aromatic heterocycles. The highest BCUT2D eigenvalue weighted by Gasteiger charge is 2.33. The van der Waals surface area contributed by atoms with Gasteiger partial charge < -0.3 is 0 Å². The molecule has 0 N–H and O–H groups in total. The molecule has 1 unspecified atom stereocenters. The van der Waals surface area contributed by atoms with Crippen molar-refractivity contribution >= 4 is 17.4 Å². The minimum absolute atomic E-state index is 0.150. The molecule has 0 bridgehead atoms. The first-order valence-electron chi connectivity index (χ1n) is 6.26. The van der Waals surface area contributed by atoms with Gasteiger partial charge in [0.25, 0.3) is 0 Å². The summed E-state index contributed by atoms with van der Waals surface area (Å²) in [4.78, 5) is 15.2. The number of aryl methyl sites for hydroxylation is 1. The Morgan fingerprint density at radius 2 is 2.10 bits per heavy atom. The summed E-state index contributed by atoms with van der Waals surface area (Å²) in [6, 6.07) is 6.49. The second-order valence-corrected chi connectivity index (χ2v) is 5.20. The lowest BCUT2D eigenvalue weighted by molar-refractivity contribution is -0.120. The first-order chi connectivity index (χ1) is 9.49. The Morgan fingerprint density at radius 1 is 1.40 bits per heavy atom. The molecule has 0 amide bonds. The molecule has 20 heavy (non-hydrogen) atoms. The van der Waals surface area contributed by atoms with Gasteiger partial charge in [-0.3, -0.25) is 9.48 Å². The van der Waals surface area contributed by atoms with Gasteiger partial charge in [0, 0.05) is 24.4 Å². The maximum atomic E-state index is 15.2. The second-order valence-electron chi connectivity index (χ2n) is 4.76. The smallest absolute Gasteiger partial charge is 0.144 e. The average molecular weight is 296 g/mol. The van der Waals surface area contributed by atoms with E-state index in [1.165, 1.54) is 19.6 Å². The lowest BCUT2D eigenvalue weighted by Gasteiger charge is -2.25. The predicted molar refractivity (Wildman–Crippen MR) is 74.2 cm³/mol. The van der Waals surface area contributed by atoms with Crippen LogP contribution in [0, 0.1) is 0 Å². The number of rotatable bonds is 6. The SMILES string of the molecule is CC(=O)CC(F)(CCn1cncn1)c1ccc(Cl)cc1. The highest BCUT2D eigenvalue weighted by Crippen LogP contribution is 2.35. The lowest BCUT2D eigenvalue weighted by atomic mass is 9.87. The molecule has 0 aliphatic heterocycles. The molecule has 0 saturated heterocycles. The Balaban J connectivity index is 2.20. The number of carbonyl (C=O) groups is 1. The zero-order chi connectivity index (χ0) is 14.6. The van der Waals surface area contributed by atoms with Crippen molar-refractivity contribution in [2.75, 3.05) is 0 Å². The van der Waals surface area contributed by atoms with Gasteiger partial charge in [-0.1, -0.05) is 23.7 Å². The van der Waals surface area contributed by atoms with E-state index in [0.29, 0.717) is 17.1 Å². The first-order valence-corrected chi connectivity index (χ1v) is 6.64. The average Bonchev–Trinajstić information content (AvgIpc) is 2.89. The molecule has 106 valence electrons. The molecule has 0 aliphatic rings. The van der Waals surface area contributed by atoms with Gasteiger partial charge in [0.1, 0.15) is 24.1 Å². The summed E-state index contributed by atoms with van der Waals surface area (Å²) >= 11 is 5.81. The maximum absolute atomic E-state index is 15.2. The van der Waals surface area contributed by atoms with Gasteiger partial charge in [-0.25, -0.2) is 9.37 Å². The monoisotopic (exact) mass is 295 g/mol. The van der Waals surface area contributed by atoms with Crippen LogP contribution in [0.15, 0.2) is 36.9 Å². The van der Waals surface area contributed by atoms with Crippen molar-refractivity contribution in [3.63, 3.8) is 0 Å². The number of hydrogen-bond donors (Lipinski definition) is 0. The van der Waals surface area contributed by atoms with Gasteiger partial charge >= 0.3 is 0 Å². The van der Waals surface area contributed by atoms with Crippen molar-refractivity contribution in [1.82, 2.24) is 14.8 Å². The van der Waals surface area contributed by atoms with E-state index in [-0.39, 0.29) is 18.6 Å². The molecule has 1 aromatic carbocycles. The van der Waals surface area contributed by atoms with E-state index in [4.69, 9.17) is 11.6 Å². The lowest BCUT2D eigenvalue weighted by Crippen LogP contribution is -2.25. The third-order valence-corrected chi connectivity index (χ3v) is 3.35. The minimum Gasteiger partial charge on any atom is -0.300 e. The Morgan fingerprint density at radius 3 is 2.65 bits per heavy atom. The number of hydrogen-bond acceptors (Lipinski definition) is 3. The fraction of sp³-hybridized carbons (Fsp3) is 0.357. The van der Waals surface area contributed by atoms with Gasteiger partial charge in [-0.05, 0) is 24.6 Å². The van der Waals surface area contributed by atoms with E-state index < -0.39 is 5.67 Å². The predicted octanol–water partition coefficient (Wildman–Crippen LogP) is 3.17. The normalized spacial score (nSPS) is 13.9. The Labute approximate surface area is 121 Å². The Kier molecular flexibility index (Phi) is 4.49. The molecule has 1 heterocycles. The van der Waals surface area contributed by atoms with Crippen molar-refractivity contribution in [3.8, 4) is 0 Å². The number of carbonyl (C=O) groups excluding carboxylic acids is 1. The molecule has 4 nitrogen and oxygen atoms in total. The van der Waals surface area contributed by atoms with Crippen molar-refractivity contribution in [2.24, 2.45) is 0 Å². The quantitative estimate of drug-likeness (QED) is 0.822. The molecule has 2 rings (SSSR count). The summed E-state index contributed by atoms with van der Waals surface area (Å²) in [5.41, 5.74) is -1.26. The van der Waals surface area contributed by atoms with Gasteiger partial charge in [0.05, 0.1) is 0 Å². The van der Waals surface area contributed by atoms with Crippen molar-refractivity contribution in [2.45, 2.75) is 32.0 Å². The number of halogens is 2. The number of alkyl halides is 1. The third kappa shape index (κ3) is 3.63. The van der Waals surface area contributed by atoms with Crippen LogP contribution in [-0.2, 0) is 17.0 Å². The van der Waals surface area contributed by atoms with E-state index in [1.54, 1.807) is 28.9 Å². The van der Waals surface area contributed by atoms with E-state index in [1.807, 2.05) is 0 Å². The summed E-state index contributed by atoms with van der Waals surface area (Å²) < 4.78 is 16.7. The molecule has 0 fully saturated rings. The fourth-order valence-electron chi connectivity index (χ4n) is 2.12. The molecular weight excluding hydrogens is 281 g/mol. The second kappa shape index (κ2) is 6.13. The first kappa shape index (κ1) is 14.7. The topological polar surface area (TPSA) is 47.8 Å². The highest BCUT2D eigenvalue weighted by molar-refractivity contribution is 6.30. The summed E-state index contributed by atoms with van der Waals surface area (Å²) in [5, 5.41) is 4.48. The summed E-state index contributed by atoms with van der Waals surface area (Å²) in [5.74, 6) is -0.193. The maximum Gasteiger partial charge on any atom is 0.144 e. The minimum atomic E-state index is -1.72. The van der Waals surface area contributed by atoms with E-state index in [2.05, 4.69) is 10.1 Å². The van der Waals surface area contributed by atoms with Crippen LogP contribution in [0.25, 0.3) is 0 Å². The fourth-order valence-corrected chi connectivity index (χ4v) is 2.24. The molecule has 2 aromatic rings. The highest BCUT2D eigenvalue weighted by atomic mass is 35.5. The molecule has 1 atom stereocenters. The molecular formula is C14H15ClFN3O. The van der Waals surface area contributed by atoms with Crippen molar-refractivity contribution in [3.05, 3.63) is 47.5 Å². The van der Waals surface area contributed by atoms with Gasteiger partial charge in [-0.15, -0.1) is 0 Å². The largest absolute Gasteiger partial charge is 0.300 e. The molecule has 0 saturated carbocycles. The van der Waals surface area contributed by atoms with Gasteiger partial charge in [-0.2, -0.15) is 5.10 Å². The Bertz CT molecular complexity index is 571. The summed E-state index contributed by atoms with van der Waals surface area (Å²) in [6.45, 7) is 1.74. The van der Waals surface area contributed by atoms with Crippen molar-refractivity contribution < 1.29 is 9.18 Å². The van der Waals surface area contributed by atoms with E-state index >= 15 is 4.39 Å². The third-order valence-electron chi connectivity index (χ3n) is 3.09. The van der Waals surface area contributed by atoms with Gasteiger partial charge in [0.15, 0.2) is 0 Å². The molecule has 0 spiro atoms. The van der Waals surface area contributed by atoms with Gasteiger partial charge in [0.2, 0.25) is 0 Å². The van der Waals surface area contributed by atoms with Crippen LogP contribution < -0.4 is 0 Å². The van der Waals surface area contributed by atoms with Crippen LogP contribution in [0.5, 0.6) is 0 Å². The zero-order valence-corrected chi connectivity index (χ0v) is 11.8. The number of ketones is 1. The number of benzene rings is 1.